The summed E-state index contributed by atoms with van der Waals surface area (Å²) >= 11 is 0. The van der Waals surface area contributed by atoms with Crippen LogP contribution in [-0.2, 0) is 14.8 Å². The van der Waals surface area contributed by atoms with E-state index in [9.17, 15) is 18.3 Å². The smallest absolute Gasteiger partial charge is 0.250 e. The van der Waals surface area contributed by atoms with Gasteiger partial charge in [-0.3, -0.25) is 9.52 Å². The molecule has 2 fully saturated rings. The van der Waals surface area contributed by atoms with Crippen LogP contribution in [0.3, 0.4) is 0 Å². The zero-order valence-corrected chi connectivity index (χ0v) is 8.96. The summed E-state index contributed by atoms with van der Waals surface area (Å²) in [5, 5.41) is 11.5. The average Bonchev–Trinajstić information content (AvgIpc) is 2.89. The predicted molar refractivity (Wildman–Crippen MR) is 52.5 cm³/mol. The minimum Gasteiger partial charge on any atom is -0.392 e. The van der Waals surface area contributed by atoms with Gasteiger partial charge >= 0.3 is 0 Å². The molecular formula is C8H14N2O4S. The first-order chi connectivity index (χ1) is 6.99. The summed E-state index contributed by atoms with van der Waals surface area (Å²) in [6, 6.07) is -0.589. The molecule has 0 spiro atoms. The van der Waals surface area contributed by atoms with Gasteiger partial charge in [-0.25, -0.2) is 8.42 Å². The van der Waals surface area contributed by atoms with Crippen molar-refractivity contribution in [2.75, 3.05) is 6.54 Å². The van der Waals surface area contributed by atoms with E-state index in [4.69, 9.17) is 0 Å². The summed E-state index contributed by atoms with van der Waals surface area (Å²) in [6.07, 6.45) is 0.961. The number of sulfonamides is 1. The molecule has 6 nitrogen and oxygen atoms in total. The van der Waals surface area contributed by atoms with E-state index in [1.54, 1.807) is 0 Å². The summed E-state index contributed by atoms with van der Waals surface area (Å²) in [7, 11) is -3.46. The maximum atomic E-state index is 11.5. The molecule has 2 unspecified atom stereocenters. The minimum absolute atomic E-state index is 0.270. The SMILES string of the molecule is O=C(NS(=O)(=O)C1CC1)C1CC(O)CN1. The quantitative estimate of drug-likeness (QED) is 0.542. The van der Waals surface area contributed by atoms with E-state index in [0.717, 1.165) is 0 Å². The first kappa shape index (κ1) is 10.8. The van der Waals surface area contributed by atoms with Crippen molar-refractivity contribution in [1.29, 1.82) is 0 Å². The third kappa shape index (κ3) is 2.47. The van der Waals surface area contributed by atoms with Crippen LogP contribution in [0.15, 0.2) is 0 Å². The number of rotatable bonds is 3. The van der Waals surface area contributed by atoms with Crippen molar-refractivity contribution in [3.8, 4) is 0 Å². The highest BCUT2D eigenvalue weighted by molar-refractivity contribution is 7.90. The van der Waals surface area contributed by atoms with E-state index in [2.05, 4.69) is 5.32 Å². The van der Waals surface area contributed by atoms with E-state index in [1.165, 1.54) is 0 Å². The van der Waals surface area contributed by atoms with E-state index in [1.807, 2.05) is 4.72 Å². The van der Waals surface area contributed by atoms with Crippen LogP contribution in [0.25, 0.3) is 0 Å². The molecule has 0 bridgehead atoms. The van der Waals surface area contributed by atoms with E-state index < -0.39 is 33.3 Å². The van der Waals surface area contributed by atoms with Crippen molar-refractivity contribution >= 4 is 15.9 Å². The molecule has 1 saturated carbocycles. The largest absolute Gasteiger partial charge is 0.392 e. The van der Waals surface area contributed by atoms with Gasteiger partial charge in [0.15, 0.2) is 0 Å². The van der Waals surface area contributed by atoms with Gasteiger partial charge in [-0.2, -0.15) is 0 Å². The van der Waals surface area contributed by atoms with Gasteiger partial charge in [-0.05, 0) is 19.3 Å². The van der Waals surface area contributed by atoms with Gasteiger partial charge in [0.25, 0.3) is 5.91 Å². The average molecular weight is 234 g/mol. The Bertz CT molecular complexity index is 363. The Morgan fingerprint density at radius 2 is 2.07 bits per heavy atom. The summed E-state index contributed by atoms with van der Waals surface area (Å²) in [5.74, 6) is -0.557. The molecule has 1 amide bonds. The lowest BCUT2D eigenvalue weighted by Gasteiger charge is -2.10. The van der Waals surface area contributed by atoms with Crippen molar-refractivity contribution < 1.29 is 18.3 Å². The zero-order valence-electron chi connectivity index (χ0n) is 8.14. The molecule has 15 heavy (non-hydrogen) atoms. The first-order valence-electron chi connectivity index (χ1n) is 4.96. The molecule has 1 heterocycles. The van der Waals surface area contributed by atoms with Crippen LogP contribution < -0.4 is 10.0 Å². The molecule has 3 N–H and O–H groups in total. The van der Waals surface area contributed by atoms with Gasteiger partial charge in [0.05, 0.1) is 17.4 Å². The van der Waals surface area contributed by atoms with Crippen molar-refractivity contribution in [3.05, 3.63) is 0 Å². The van der Waals surface area contributed by atoms with E-state index in [0.29, 0.717) is 19.4 Å². The molecule has 2 rings (SSSR count). The molecule has 0 aromatic heterocycles. The second-order valence-corrected chi connectivity index (χ2v) is 6.02. The highest BCUT2D eigenvalue weighted by atomic mass is 32.2. The second kappa shape index (κ2) is 3.73. The topological polar surface area (TPSA) is 95.5 Å². The summed E-state index contributed by atoms with van der Waals surface area (Å²) in [4.78, 5) is 11.5. The number of amides is 1. The Labute approximate surface area is 88.1 Å². The highest BCUT2D eigenvalue weighted by Crippen LogP contribution is 2.27. The number of β-amino-alcohol motifs (C(OH)–C–C–N with tert-alkyl or cyclic N) is 1. The molecule has 1 aliphatic carbocycles. The third-order valence-electron chi connectivity index (χ3n) is 2.63. The fourth-order valence-corrected chi connectivity index (χ4v) is 2.94. The molecule has 0 aromatic carbocycles. The van der Waals surface area contributed by atoms with Crippen molar-refractivity contribution in [2.24, 2.45) is 0 Å². The van der Waals surface area contributed by atoms with Crippen LogP contribution in [0.2, 0.25) is 0 Å². The standard InChI is InChI=1S/C8H14N2O4S/c11-5-3-7(9-4-5)8(12)10-15(13,14)6-1-2-6/h5-7,9,11H,1-4H2,(H,10,12). The minimum atomic E-state index is -3.46. The van der Waals surface area contributed by atoms with Gasteiger partial charge in [-0.15, -0.1) is 0 Å². The molecule has 0 radical (unpaired) electrons. The molecule has 1 aliphatic heterocycles. The van der Waals surface area contributed by atoms with Crippen LogP contribution >= 0.6 is 0 Å². The summed E-state index contributed by atoms with van der Waals surface area (Å²) < 4.78 is 24.9. The van der Waals surface area contributed by atoms with Crippen LogP contribution in [0.4, 0.5) is 0 Å². The van der Waals surface area contributed by atoms with Crippen LogP contribution in [-0.4, -0.2) is 43.4 Å². The Morgan fingerprint density at radius 1 is 1.40 bits per heavy atom. The van der Waals surface area contributed by atoms with Gasteiger partial charge in [0, 0.05) is 6.54 Å². The second-order valence-electron chi connectivity index (χ2n) is 4.06. The molecule has 0 aromatic rings. The number of aliphatic hydroxyl groups excluding tert-OH is 1. The van der Waals surface area contributed by atoms with Crippen molar-refractivity contribution in [2.45, 2.75) is 36.7 Å². The third-order valence-corrected chi connectivity index (χ3v) is 4.46. The maximum absolute atomic E-state index is 11.5. The molecule has 2 aliphatic rings. The monoisotopic (exact) mass is 234 g/mol. The molecular weight excluding hydrogens is 220 g/mol. The zero-order chi connectivity index (χ0) is 11.1. The van der Waals surface area contributed by atoms with Gasteiger partial charge < -0.3 is 10.4 Å². The molecule has 1 saturated heterocycles. The molecule has 2 atom stereocenters. The van der Waals surface area contributed by atoms with Gasteiger partial charge in [-0.1, -0.05) is 0 Å². The Kier molecular flexibility index (Phi) is 2.70. The highest BCUT2D eigenvalue weighted by Gasteiger charge is 2.39. The number of hydrogen-bond donors (Lipinski definition) is 3. The number of aliphatic hydroxyl groups is 1. The Hall–Kier alpha value is -0.660. The van der Waals surface area contributed by atoms with Crippen LogP contribution in [0.5, 0.6) is 0 Å². The lowest BCUT2D eigenvalue weighted by Crippen LogP contribution is -2.44. The Morgan fingerprint density at radius 3 is 2.53 bits per heavy atom. The molecule has 7 heteroatoms. The van der Waals surface area contributed by atoms with Crippen molar-refractivity contribution in [1.82, 2.24) is 10.0 Å². The normalized spacial score (nSPS) is 31.5. The molecule has 86 valence electrons. The first-order valence-corrected chi connectivity index (χ1v) is 6.50. The summed E-state index contributed by atoms with van der Waals surface area (Å²) in [6.45, 7) is 0.335. The fraction of sp³-hybridized carbons (Fsp3) is 0.875. The predicted octanol–water partition coefficient (Wildman–Crippen LogP) is -1.68. The van der Waals surface area contributed by atoms with E-state index >= 15 is 0 Å². The Balaban J connectivity index is 1.92. The maximum Gasteiger partial charge on any atom is 0.250 e. The number of hydrogen-bond acceptors (Lipinski definition) is 5. The lowest BCUT2D eigenvalue weighted by molar-refractivity contribution is -0.121. The lowest BCUT2D eigenvalue weighted by atomic mass is 10.2. The number of carbonyl (C=O) groups excluding carboxylic acids is 1. The van der Waals surface area contributed by atoms with Crippen LogP contribution in [0, 0.1) is 0 Å². The number of carbonyl (C=O) groups is 1. The van der Waals surface area contributed by atoms with Crippen LogP contribution in [0.1, 0.15) is 19.3 Å². The summed E-state index contributed by atoms with van der Waals surface area (Å²) in [5.41, 5.74) is 0. The van der Waals surface area contributed by atoms with Gasteiger partial charge in [0.2, 0.25) is 10.0 Å². The van der Waals surface area contributed by atoms with E-state index in [-0.39, 0.29) is 6.42 Å². The van der Waals surface area contributed by atoms with Gasteiger partial charge in [0.1, 0.15) is 0 Å². The number of nitrogens with one attached hydrogen (secondary N) is 2. The fourth-order valence-electron chi connectivity index (χ4n) is 1.59. The van der Waals surface area contributed by atoms with Crippen molar-refractivity contribution in [3.63, 3.8) is 0 Å².